The van der Waals surface area contributed by atoms with Crippen LogP contribution in [0.1, 0.15) is 20.7 Å². The number of halogens is 1. The molecule has 0 saturated carbocycles. The summed E-state index contributed by atoms with van der Waals surface area (Å²) < 4.78 is 5.94. The van der Waals surface area contributed by atoms with E-state index >= 15 is 0 Å². The summed E-state index contributed by atoms with van der Waals surface area (Å²) in [5.41, 5.74) is 0.857. The molecule has 1 atom stereocenters. The summed E-state index contributed by atoms with van der Waals surface area (Å²) in [6, 6.07) is 5.02. The maximum absolute atomic E-state index is 11.9. The highest BCUT2D eigenvalue weighted by Crippen LogP contribution is 2.27. The molecule has 0 spiro atoms. The highest BCUT2D eigenvalue weighted by atomic mass is 79.9. The second-order valence-corrected chi connectivity index (χ2v) is 4.34. The van der Waals surface area contributed by atoms with Gasteiger partial charge in [0.2, 0.25) is 0 Å². The van der Waals surface area contributed by atoms with Crippen molar-refractivity contribution in [1.29, 1.82) is 0 Å². The number of carbonyl (C=O) groups is 2. The Kier molecular flexibility index (Phi) is 3.03. The van der Waals surface area contributed by atoms with E-state index in [9.17, 15) is 9.59 Å². The van der Waals surface area contributed by atoms with Crippen molar-refractivity contribution in [3.63, 3.8) is 0 Å². The Bertz CT molecular complexity index is 479. The molecule has 1 aromatic carbocycles. The SMILES string of the molecule is C=CCOC1C(=O)c2ccc(Br)cc2C1=O. The van der Waals surface area contributed by atoms with E-state index in [0.717, 1.165) is 4.47 Å². The number of carbonyl (C=O) groups excluding carboxylic acids is 2. The Morgan fingerprint density at radius 2 is 2.00 bits per heavy atom. The summed E-state index contributed by atoms with van der Waals surface area (Å²) in [5, 5.41) is 0. The Hall–Kier alpha value is -1.26. The Morgan fingerprint density at radius 3 is 2.69 bits per heavy atom. The highest BCUT2D eigenvalue weighted by molar-refractivity contribution is 9.10. The highest BCUT2D eigenvalue weighted by Gasteiger charge is 2.39. The van der Waals surface area contributed by atoms with Crippen LogP contribution in [0.3, 0.4) is 0 Å². The third-order valence-corrected chi connectivity index (χ3v) is 2.86. The zero-order chi connectivity index (χ0) is 11.7. The molecule has 0 N–H and O–H groups in total. The fourth-order valence-electron chi connectivity index (χ4n) is 1.65. The van der Waals surface area contributed by atoms with Crippen LogP contribution in [0.2, 0.25) is 0 Å². The fraction of sp³-hybridized carbons (Fsp3) is 0.167. The minimum Gasteiger partial charge on any atom is -0.358 e. The predicted octanol–water partition coefficient (Wildman–Crippen LogP) is 2.40. The van der Waals surface area contributed by atoms with Gasteiger partial charge in [-0.25, -0.2) is 0 Å². The Morgan fingerprint density at radius 1 is 1.31 bits per heavy atom. The predicted molar refractivity (Wildman–Crippen MR) is 62.7 cm³/mol. The summed E-state index contributed by atoms with van der Waals surface area (Å²) in [5.74, 6) is -0.544. The van der Waals surface area contributed by atoms with Crippen molar-refractivity contribution in [2.24, 2.45) is 0 Å². The van der Waals surface area contributed by atoms with Gasteiger partial charge in [-0.05, 0) is 18.2 Å². The van der Waals surface area contributed by atoms with Crippen LogP contribution in [-0.4, -0.2) is 24.3 Å². The standard InChI is InChI=1S/C12H9BrO3/c1-2-5-16-12-10(14)8-4-3-7(13)6-9(8)11(12)15/h2-4,6,12H,1,5H2. The van der Waals surface area contributed by atoms with Crippen molar-refractivity contribution in [2.45, 2.75) is 6.10 Å². The first-order chi connectivity index (χ1) is 7.65. The van der Waals surface area contributed by atoms with Crippen LogP contribution in [0, 0.1) is 0 Å². The molecule has 0 radical (unpaired) electrons. The molecule has 0 amide bonds. The summed E-state index contributed by atoms with van der Waals surface area (Å²) in [6.45, 7) is 3.67. The normalized spacial score (nSPS) is 18.7. The van der Waals surface area contributed by atoms with Crippen molar-refractivity contribution < 1.29 is 14.3 Å². The molecule has 1 aromatic rings. The van der Waals surface area contributed by atoms with Gasteiger partial charge in [-0.2, -0.15) is 0 Å². The van der Waals surface area contributed by atoms with Gasteiger partial charge in [-0.15, -0.1) is 6.58 Å². The van der Waals surface area contributed by atoms with Crippen molar-refractivity contribution >= 4 is 27.5 Å². The summed E-state index contributed by atoms with van der Waals surface area (Å²) in [6.07, 6.45) is 0.515. The van der Waals surface area contributed by atoms with Gasteiger partial charge in [0.05, 0.1) is 6.61 Å². The van der Waals surface area contributed by atoms with Gasteiger partial charge in [0, 0.05) is 15.6 Å². The molecule has 3 nitrogen and oxygen atoms in total. The average molecular weight is 281 g/mol. The Balaban J connectivity index is 2.36. The number of fused-ring (bicyclic) bond motifs is 1. The lowest BCUT2D eigenvalue weighted by atomic mass is 10.1. The van der Waals surface area contributed by atoms with Crippen LogP contribution in [0.15, 0.2) is 35.3 Å². The van der Waals surface area contributed by atoms with E-state index < -0.39 is 6.10 Å². The third-order valence-electron chi connectivity index (χ3n) is 2.37. The molecule has 1 aliphatic carbocycles. The van der Waals surface area contributed by atoms with Crippen molar-refractivity contribution in [3.05, 3.63) is 46.5 Å². The topological polar surface area (TPSA) is 43.4 Å². The first kappa shape index (κ1) is 11.2. The molecular formula is C12H9BrO3. The van der Waals surface area contributed by atoms with Gasteiger partial charge in [-0.1, -0.05) is 22.0 Å². The molecule has 0 aliphatic heterocycles. The number of ketones is 2. The molecule has 0 fully saturated rings. The molecule has 2 rings (SSSR count). The molecule has 1 aliphatic rings. The molecule has 0 aromatic heterocycles. The second-order valence-electron chi connectivity index (χ2n) is 3.42. The van der Waals surface area contributed by atoms with Gasteiger partial charge in [0.25, 0.3) is 0 Å². The zero-order valence-corrected chi connectivity index (χ0v) is 9.99. The summed E-state index contributed by atoms with van der Waals surface area (Å²) >= 11 is 3.26. The van der Waals surface area contributed by atoms with E-state index in [1.54, 1.807) is 18.2 Å². The number of benzene rings is 1. The maximum Gasteiger partial charge on any atom is 0.200 e. The largest absolute Gasteiger partial charge is 0.358 e. The minimum atomic E-state index is -0.998. The third kappa shape index (κ3) is 1.74. The summed E-state index contributed by atoms with van der Waals surface area (Å²) in [4.78, 5) is 23.7. The quantitative estimate of drug-likeness (QED) is 0.631. The molecule has 0 heterocycles. The van der Waals surface area contributed by atoms with Crippen molar-refractivity contribution in [3.8, 4) is 0 Å². The van der Waals surface area contributed by atoms with E-state index in [1.165, 1.54) is 6.08 Å². The smallest absolute Gasteiger partial charge is 0.200 e. The van der Waals surface area contributed by atoms with Crippen LogP contribution in [0.4, 0.5) is 0 Å². The summed E-state index contributed by atoms with van der Waals surface area (Å²) in [7, 11) is 0. The van der Waals surface area contributed by atoms with E-state index in [0.29, 0.717) is 11.1 Å². The molecule has 1 unspecified atom stereocenters. The van der Waals surface area contributed by atoms with Gasteiger partial charge in [-0.3, -0.25) is 9.59 Å². The molecule has 0 saturated heterocycles. The Labute approximate surface area is 101 Å². The number of Topliss-reactive ketones (excluding diaryl/α,β-unsaturated/α-hetero) is 2. The van der Waals surface area contributed by atoms with Crippen molar-refractivity contribution in [2.75, 3.05) is 6.61 Å². The molecule has 4 heteroatoms. The number of rotatable bonds is 3. The first-order valence-electron chi connectivity index (χ1n) is 4.75. The maximum atomic E-state index is 11.9. The minimum absolute atomic E-state index is 0.192. The molecular weight excluding hydrogens is 272 g/mol. The van der Waals surface area contributed by atoms with Crippen LogP contribution in [0.5, 0.6) is 0 Å². The number of hydrogen-bond acceptors (Lipinski definition) is 3. The molecule has 16 heavy (non-hydrogen) atoms. The molecule has 82 valence electrons. The van der Waals surface area contributed by atoms with Crippen LogP contribution in [0.25, 0.3) is 0 Å². The lowest BCUT2D eigenvalue weighted by Crippen LogP contribution is -2.25. The zero-order valence-electron chi connectivity index (χ0n) is 8.40. The van der Waals surface area contributed by atoms with Crippen LogP contribution < -0.4 is 0 Å². The van der Waals surface area contributed by atoms with Crippen LogP contribution >= 0.6 is 15.9 Å². The van der Waals surface area contributed by atoms with Gasteiger partial charge < -0.3 is 4.74 Å². The van der Waals surface area contributed by atoms with Gasteiger partial charge >= 0.3 is 0 Å². The lowest BCUT2D eigenvalue weighted by molar-refractivity contribution is 0.0474. The second kappa shape index (κ2) is 4.31. The van der Waals surface area contributed by atoms with E-state index in [-0.39, 0.29) is 18.2 Å². The van der Waals surface area contributed by atoms with Crippen LogP contribution in [-0.2, 0) is 4.74 Å². The number of ether oxygens (including phenoxy) is 1. The van der Waals surface area contributed by atoms with Crippen molar-refractivity contribution in [1.82, 2.24) is 0 Å². The van der Waals surface area contributed by atoms with Gasteiger partial charge in [0.15, 0.2) is 17.7 Å². The number of hydrogen-bond donors (Lipinski definition) is 0. The first-order valence-corrected chi connectivity index (χ1v) is 5.55. The van der Waals surface area contributed by atoms with Gasteiger partial charge in [0.1, 0.15) is 0 Å². The van der Waals surface area contributed by atoms with E-state index in [1.807, 2.05) is 0 Å². The van der Waals surface area contributed by atoms with E-state index in [4.69, 9.17) is 4.74 Å². The fourth-order valence-corrected chi connectivity index (χ4v) is 2.01. The lowest BCUT2D eigenvalue weighted by Gasteiger charge is -2.05. The molecule has 0 bridgehead atoms. The average Bonchev–Trinajstić information content (AvgIpc) is 2.50. The monoisotopic (exact) mass is 280 g/mol. The van der Waals surface area contributed by atoms with E-state index in [2.05, 4.69) is 22.5 Å².